The molecule has 1 aromatic rings. The largest absolute Gasteiger partial charge is 0.508 e. The van der Waals surface area contributed by atoms with Crippen LogP contribution in [0, 0.1) is 23.7 Å². The Morgan fingerprint density at radius 3 is 2.26 bits per heavy atom. The van der Waals surface area contributed by atoms with E-state index >= 15 is 0 Å². The first kappa shape index (κ1) is 10.8. The summed E-state index contributed by atoms with van der Waals surface area (Å²) in [5.74, 6) is -0.108. The molecule has 2 amide bonds. The molecule has 96 valence electrons. The number of amides is 2. The molecule has 4 heteroatoms. The molecule has 19 heavy (non-hydrogen) atoms. The van der Waals surface area contributed by atoms with E-state index in [2.05, 4.69) is 12.2 Å². The van der Waals surface area contributed by atoms with Crippen LogP contribution in [0.2, 0.25) is 0 Å². The van der Waals surface area contributed by atoms with E-state index in [0.29, 0.717) is 5.69 Å². The fourth-order valence-electron chi connectivity index (χ4n) is 3.79. The number of rotatable bonds is 1. The Hall–Kier alpha value is -2.10. The fraction of sp³-hybridized carbons (Fsp3) is 0.333. The van der Waals surface area contributed by atoms with Gasteiger partial charge >= 0.3 is 0 Å². The molecule has 1 saturated carbocycles. The third-order valence-electron chi connectivity index (χ3n) is 4.56. The summed E-state index contributed by atoms with van der Waals surface area (Å²) < 4.78 is 0. The van der Waals surface area contributed by atoms with Crippen molar-refractivity contribution >= 4 is 17.5 Å². The highest BCUT2D eigenvalue weighted by molar-refractivity contribution is 6.22. The van der Waals surface area contributed by atoms with Gasteiger partial charge in [0.05, 0.1) is 17.5 Å². The molecule has 2 aliphatic carbocycles. The summed E-state index contributed by atoms with van der Waals surface area (Å²) in [6.07, 6.45) is 5.08. The number of phenolic OH excluding ortho intramolecular Hbond substituents is 1. The lowest BCUT2D eigenvalue weighted by molar-refractivity contribution is -0.123. The summed E-state index contributed by atoms with van der Waals surface area (Å²) in [4.78, 5) is 26.2. The monoisotopic (exact) mass is 255 g/mol. The van der Waals surface area contributed by atoms with Crippen LogP contribution in [0.1, 0.15) is 6.42 Å². The minimum atomic E-state index is -0.190. The molecular weight excluding hydrogens is 242 g/mol. The second kappa shape index (κ2) is 3.47. The average molecular weight is 255 g/mol. The van der Waals surface area contributed by atoms with E-state index in [-0.39, 0.29) is 41.2 Å². The van der Waals surface area contributed by atoms with Gasteiger partial charge in [0.25, 0.3) is 0 Å². The van der Waals surface area contributed by atoms with E-state index in [0.717, 1.165) is 6.42 Å². The zero-order valence-corrected chi connectivity index (χ0v) is 10.2. The Morgan fingerprint density at radius 2 is 1.68 bits per heavy atom. The number of fused-ring (bicyclic) bond motifs is 5. The lowest BCUT2D eigenvalue weighted by Crippen LogP contribution is -2.32. The molecular formula is C15H13NO3. The minimum absolute atomic E-state index is 0.0660. The maximum absolute atomic E-state index is 12.5. The van der Waals surface area contributed by atoms with Crippen LogP contribution in [-0.2, 0) is 9.59 Å². The van der Waals surface area contributed by atoms with E-state index in [1.807, 2.05) is 0 Å². The number of hydrogen-bond acceptors (Lipinski definition) is 3. The number of aromatic hydroxyl groups is 1. The van der Waals surface area contributed by atoms with Crippen molar-refractivity contribution in [1.82, 2.24) is 0 Å². The molecule has 0 aromatic heterocycles. The molecule has 2 bridgehead atoms. The molecule has 3 aliphatic rings. The smallest absolute Gasteiger partial charge is 0.238 e. The van der Waals surface area contributed by atoms with Crippen LogP contribution in [0.25, 0.3) is 0 Å². The SMILES string of the molecule is O=C1[C@H]2[C@H](C(=O)N1c1cccc(O)c1)[C@H]1C=C[C@@H]2C1. The van der Waals surface area contributed by atoms with Crippen LogP contribution < -0.4 is 4.90 Å². The van der Waals surface area contributed by atoms with Crippen LogP contribution >= 0.6 is 0 Å². The number of allylic oxidation sites excluding steroid dienone is 2. The van der Waals surface area contributed by atoms with E-state index in [1.165, 1.54) is 17.0 Å². The quantitative estimate of drug-likeness (QED) is 0.614. The number of imide groups is 1. The van der Waals surface area contributed by atoms with Crippen molar-refractivity contribution in [2.75, 3.05) is 4.90 Å². The second-order valence-electron chi connectivity index (χ2n) is 5.53. The van der Waals surface area contributed by atoms with E-state index in [9.17, 15) is 14.7 Å². The van der Waals surface area contributed by atoms with Gasteiger partial charge in [0.1, 0.15) is 5.75 Å². The Balaban J connectivity index is 1.77. The summed E-state index contributed by atoms with van der Waals surface area (Å²) in [5, 5.41) is 9.50. The molecule has 0 spiro atoms. The summed E-state index contributed by atoms with van der Waals surface area (Å²) in [5.41, 5.74) is 0.476. The van der Waals surface area contributed by atoms with Gasteiger partial charge in [-0.15, -0.1) is 0 Å². The first-order chi connectivity index (χ1) is 9.16. The maximum atomic E-state index is 12.5. The summed E-state index contributed by atoms with van der Waals surface area (Å²) in [6, 6.07) is 6.32. The Bertz CT molecular complexity index is 592. The normalized spacial score (nSPS) is 35.3. The minimum Gasteiger partial charge on any atom is -0.508 e. The molecule has 2 fully saturated rings. The standard InChI is InChI=1S/C15H13NO3/c17-11-3-1-2-10(7-11)16-14(18)12-8-4-5-9(6-8)13(12)15(16)19/h1-5,7-9,12-13,17H,6H2/t8-,9+,12-,13-/m1/s1. The van der Waals surface area contributed by atoms with Crippen molar-refractivity contribution in [3.8, 4) is 5.75 Å². The summed E-state index contributed by atoms with van der Waals surface area (Å²) in [6.45, 7) is 0. The Kier molecular flexibility index (Phi) is 1.97. The van der Waals surface area contributed by atoms with Crippen LogP contribution in [0.4, 0.5) is 5.69 Å². The predicted octanol–water partition coefficient (Wildman–Crippen LogP) is 1.70. The first-order valence-corrected chi connectivity index (χ1v) is 6.52. The molecule has 0 radical (unpaired) electrons. The van der Waals surface area contributed by atoms with Crippen molar-refractivity contribution < 1.29 is 14.7 Å². The van der Waals surface area contributed by atoms with Gasteiger partial charge in [-0.3, -0.25) is 9.59 Å². The summed E-state index contributed by atoms with van der Waals surface area (Å²) >= 11 is 0. The molecule has 4 atom stereocenters. The molecule has 4 rings (SSSR count). The van der Waals surface area contributed by atoms with Crippen molar-refractivity contribution in [2.45, 2.75) is 6.42 Å². The van der Waals surface area contributed by atoms with Gasteiger partial charge in [0.15, 0.2) is 0 Å². The second-order valence-corrected chi connectivity index (χ2v) is 5.53. The van der Waals surface area contributed by atoms with Crippen LogP contribution in [0.15, 0.2) is 36.4 Å². The third-order valence-corrected chi connectivity index (χ3v) is 4.56. The molecule has 4 nitrogen and oxygen atoms in total. The third kappa shape index (κ3) is 1.28. The van der Waals surface area contributed by atoms with E-state index in [1.54, 1.807) is 12.1 Å². The lowest BCUT2D eigenvalue weighted by Gasteiger charge is -2.17. The highest BCUT2D eigenvalue weighted by atomic mass is 16.3. The van der Waals surface area contributed by atoms with Crippen molar-refractivity contribution in [3.05, 3.63) is 36.4 Å². The van der Waals surface area contributed by atoms with Crippen molar-refractivity contribution in [3.63, 3.8) is 0 Å². The maximum Gasteiger partial charge on any atom is 0.238 e. The van der Waals surface area contributed by atoms with E-state index in [4.69, 9.17) is 0 Å². The van der Waals surface area contributed by atoms with Crippen LogP contribution in [0.3, 0.4) is 0 Å². The highest BCUT2D eigenvalue weighted by Crippen LogP contribution is 2.53. The highest BCUT2D eigenvalue weighted by Gasteiger charge is 2.59. The Labute approximate surface area is 110 Å². The van der Waals surface area contributed by atoms with Gasteiger partial charge in [-0.2, -0.15) is 0 Å². The van der Waals surface area contributed by atoms with Crippen molar-refractivity contribution in [1.29, 1.82) is 0 Å². The number of hydrogen-bond donors (Lipinski definition) is 1. The fourth-order valence-corrected chi connectivity index (χ4v) is 3.79. The molecule has 1 heterocycles. The molecule has 1 N–H and O–H groups in total. The van der Waals surface area contributed by atoms with Gasteiger partial charge in [0, 0.05) is 6.07 Å². The first-order valence-electron chi connectivity index (χ1n) is 6.52. The summed E-state index contributed by atoms with van der Waals surface area (Å²) in [7, 11) is 0. The van der Waals surface area contributed by atoms with Crippen LogP contribution in [-0.4, -0.2) is 16.9 Å². The number of benzene rings is 1. The predicted molar refractivity (Wildman–Crippen MR) is 68.3 cm³/mol. The molecule has 0 unspecified atom stereocenters. The van der Waals surface area contributed by atoms with E-state index < -0.39 is 0 Å². The van der Waals surface area contributed by atoms with Gasteiger partial charge in [-0.1, -0.05) is 18.2 Å². The number of carbonyl (C=O) groups excluding carboxylic acids is 2. The molecule has 1 saturated heterocycles. The number of nitrogens with zero attached hydrogens (tertiary/aromatic N) is 1. The number of carbonyl (C=O) groups is 2. The van der Waals surface area contributed by atoms with Crippen LogP contribution in [0.5, 0.6) is 5.75 Å². The van der Waals surface area contributed by atoms with Crippen molar-refractivity contribution in [2.24, 2.45) is 23.7 Å². The Morgan fingerprint density at radius 1 is 1.05 bits per heavy atom. The number of phenols is 1. The molecule has 1 aromatic carbocycles. The lowest BCUT2D eigenvalue weighted by atomic mass is 9.85. The molecule has 1 aliphatic heterocycles. The zero-order valence-electron chi connectivity index (χ0n) is 10.2. The van der Waals surface area contributed by atoms with Gasteiger partial charge in [-0.05, 0) is 30.4 Å². The van der Waals surface area contributed by atoms with Gasteiger partial charge in [0.2, 0.25) is 11.8 Å². The topological polar surface area (TPSA) is 57.6 Å². The van der Waals surface area contributed by atoms with Gasteiger partial charge < -0.3 is 5.11 Å². The zero-order chi connectivity index (χ0) is 13.1. The van der Waals surface area contributed by atoms with Gasteiger partial charge in [-0.25, -0.2) is 4.90 Å². The average Bonchev–Trinajstić information content (AvgIpc) is 3.04. The number of anilines is 1.